The van der Waals surface area contributed by atoms with E-state index in [4.69, 9.17) is 14.2 Å². The molecule has 0 saturated carbocycles. The summed E-state index contributed by atoms with van der Waals surface area (Å²) >= 11 is 5.14. The van der Waals surface area contributed by atoms with E-state index in [0.717, 1.165) is 21.7 Å². The number of benzene rings is 1. The summed E-state index contributed by atoms with van der Waals surface area (Å²) in [5.74, 6) is 2.30. The van der Waals surface area contributed by atoms with Crippen LogP contribution in [-0.2, 0) is 6.61 Å². The SMILES string of the molecule is Brc1ccsc1COc1ccc2c(c1)OCO2. The average molecular weight is 313 g/mol. The molecule has 2 aromatic rings. The molecule has 0 spiro atoms. The fourth-order valence-corrected chi connectivity index (χ4v) is 2.92. The fourth-order valence-electron chi connectivity index (χ4n) is 1.54. The summed E-state index contributed by atoms with van der Waals surface area (Å²) in [5.41, 5.74) is 0. The second-order valence-corrected chi connectivity index (χ2v) is 5.35. The number of halogens is 1. The highest BCUT2D eigenvalue weighted by Crippen LogP contribution is 2.35. The van der Waals surface area contributed by atoms with Crippen molar-refractivity contribution in [3.05, 3.63) is 39.0 Å². The third kappa shape index (κ3) is 2.25. The molecular weight excluding hydrogens is 304 g/mol. The maximum atomic E-state index is 5.70. The van der Waals surface area contributed by atoms with Crippen molar-refractivity contribution >= 4 is 27.3 Å². The van der Waals surface area contributed by atoms with Gasteiger partial charge in [-0.3, -0.25) is 0 Å². The van der Waals surface area contributed by atoms with Gasteiger partial charge in [-0.1, -0.05) is 0 Å². The lowest BCUT2D eigenvalue weighted by Crippen LogP contribution is -1.93. The van der Waals surface area contributed by atoms with Crippen molar-refractivity contribution < 1.29 is 14.2 Å². The maximum absolute atomic E-state index is 5.70. The number of hydrogen-bond donors (Lipinski definition) is 0. The van der Waals surface area contributed by atoms with Crippen LogP contribution in [0.2, 0.25) is 0 Å². The first-order valence-electron chi connectivity index (χ1n) is 5.07. The van der Waals surface area contributed by atoms with Crippen molar-refractivity contribution in [3.8, 4) is 17.2 Å². The van der Waals surface area contributed by atoms with E-state index < -0.39 is 0 Å². The molecule has 0 unspecified atom stereocenters. The van der Waals surface area contributed by atoms with E-state index in [9.17, 15) is 0 Å². The second kappa shape index (κ2) is 4.58. The molecular formula is C12H9BrO3S. The highest BCUT2D eigenvalue weighted by molar-refractivity contribution is 9.10. The minimum Gasteiger partial charge on any atom is -0.488 e. The Labute approximate surface area is 111 Å². The molecule has 1 aliphatic heterocycles. The van der Waals surface area contributed by atoms with E-state index in [1.165, 1.54) is 4.88 Å². The van der Waals surface area contributed by atoms with Gasteiger partial charge in [0.15, 0.2) is 11.5 Å². The minimum absolute atomic E-state index is 0.287. The van der Waals surface area contributed by atoms with Gasteiger partial charge in [-0.25, -0.2) is 0 Å². The number of fused-ring (bicyclic) bond motifs is 1. The predicted octanol–water partition coefficient (Wildman–Crippen LogP) is 3.82. The third-order valence-electron chi connectivity index (χ3n) is 2.41. The number of hydrogen-bond acceptors (Lipinski definition) is 4. The zero-order valence-electron chi connectivity index (χ0n) is 8.81. The van der Waals surface area contributed by atoms with Crippen LogP contribution in [0.4, 0.5) is 0 Å². The lowest BCUT2D eigenvalue weighted by Gasteiger charge is -2.05. The summed E-state index contributed by atoms with van der Waals surface area (Å²) in [5, 5.41) is 2.03. The van der Waals surface area contributed by atoms with Gasteiger partial charge in [0, 0.05) is 10.5 Å². The Kier molecular flexibility index (Phi) is 2.94. The number of rotatable bonds is 3. The molecule has 1 aromatic heterocycles. The van der Waals surface area contributed by atoms with Crippen molar-refractivity contribution in [1.29, 1.82) is 0 Å². The molecule has 0 aliphatic carbocycles. The zero-order chi connectivity index (χ0) is 11.7. The molecule has 1 aromatic carbocycles. The van der Waals surface area contributed by atoms with Gasteiger partial charge in [0.25, 0.3) is 0 Å². The van der Waals surface area contributed by atoms with Gasteiger partial charge in [-0.05, 0) is 39.5 Å². The maximum Gasteiger partial charge on any atom is 0.231 e. The summed E-state index contributed by atoms with van der Waals surface area (Å²) < 4.78 is 17.3. The van der Waals surface area contributed by atoms with Crippen LogP contribution in [0.5, 0.6) is 17.2 Å². The Morgan fingerprint density at radius 2 is 2.12 bits per heavy atom. The number of ether oxygens (including phenoxy) is 3. The van der Waals surface area contributed by atoms with Gasteiger partial charge in [0.2, 0.25) is 6.79 Å². The monoisotopic (exact) mass is 312 g/mol. The Morgan fingerprint density at radius 1 is 1.24 bits per heavy atom. The van der Waals surface area contributed by atoms with Crippen LogP contribution in [0.1, 0.15) is 4.88 Å². The van der Waals surface area contributed by atoms with Crippen LogP contribution < -0.4 is 14.2 Å². The second-order valence-electron chi connectivity index (χ2n) is 3.50. The molecule has 0 atom stereocenters. The smallest absolute Gasteiger partial charge is 0.231 e. The molecule has 0 N–H and O–H groups in total. The topological polar surface area (TPSA) is 27.7 Å². The molecule has 88 valence electrons. The molecule has 3 rings (SSSR count). The van der Waals surface area contributed by atoms with Crippen molar-refractivity contribution in [2.45, 2.75) is 6.61 Å². The Balaban J connectivity index is 1.72. The van der Waals surface area contributed by atoms with E-state index in [1.54, 1.807) is 11.3 Å². The van der Waals surface area contributed by atoms with E-state index in [1.807, 2.05) is 29.6 Å². The lowest BCUT2D eigenvalue weighted by atomic mass is 10.3. The Bertz CT molecular complexity index is 538. The average Bonchev–Trinajstić information content (AvgIpc) is 2.94. The normalized spacial score (nSPS) is 12.8. The summed E-state index contributed by atoms with van der Waals surface area (Å²) in [6, 6.07) is 7.61. The van der Waals surface area contributed by atoms with Crippen LogP contribution in [0.15, 0.2) is 34.1 Å². The Hall–Kier alpha value is -1.20. The molecule has 0 fully saturated rings. The minimum atomic E-state index is 0.287. The first kappa shape index (κ1) is 10.9. The highest BCUT2D eigenvalue weighted by Gasteiger charge is 2.13. The van der Waals surface area contributed by atoms with Gasteiger partial charge in [0.05, 0.1) is 4.88 Å². The van der Waals surface area contributed by atoms with Crippen molar-refractivity contribution in [1.82, 2.24) is 0 Å². The quantitative estimate of drug-likeness (QED) is 0.862. The summed E-state index contributed by atoms with van der Waals surface area (Å²) in [7, 11) is 0. The largest absolute Gasteiger partial charge is 0.488 e. The molecule has 17 heavy (non-hydrogen) atoms. The van der Waals surface area contributed by atoms with Crippen molar-refractivity contribution in [2.75, 3.05) is 6.79 Å². The van der Waals surface area contributed by atoms with Gasteiger partial charge < -0.3 is 14.2 Å². The molecule has 2 heterocycles. The van der Waals surface area contributed by atoms with E-state index >= 15 is 0 Å². The molecule has 0 radical (unpaired) electrons. The third-order valence-corrected chi connectivity index (χ3v) is 4.30. The zero-order valence-corrected chi connectivity index (χ0v) is 11.2. The lowest BCUT2D eigenvalue weighted by molar-refractivity contribution is 0.173. The van der Waals surface area contributed by atoms with Crippen molar-refractivity contribution in [3.63, 3.8) is 0 Å². The predicted molar refractivity (Wildman–Crippen MR) is 68.9 cm³/mol. The van der Waals surface area contributed by atoms with Gasteiger partial charge in [-0.15, -0.1) is 11.3 Å². The molecule has 1 aliphatic rings. The highest BCUT2D eigenvalue weighted by atomic mass is 79.9. The summed E-state index contributed by atoms with van der Waals surface area (Å²) in [6.45, 7) is 0.840. The molecule has 0 saturated heterocycles. The molecule has 3 nitrogen and oxygen atoms in total. The first-order chi connectivity index (χ1) is 8.33. The van der Waals surface area contributed by atoms with Crippen molar-refractivity contribution in [2.24, 2.45) is 0 Å². The van der Waals surface area contributed by atoms with Gasteiger partial charge in [-0.2, -0.15) is 0 Å². The van der Waals surface area contributed by atoms with E-state index in [0.29, 0.717) is 6.61 Å². The van der Waals surface area contributed by atoms with E-state index in [2.05, 4.69) is 15.9 Å². The van der Waals surface area contributed by atoms with Gasteiger partial charge >= 0.3 is 0 Å². The van der Waals surface area contributed by atoms with Crippen LogP contribution in [0.25, 0.3) is 0 Å². The number of thiophene rings is 1. The molecule has 0 amide bonds. The van der Waals surface area contributed by atoms with E-state index in [-0.39, 0.29) is 6.79 Å². The molecule has 0 bridgehead atoms. The molecule has 5 heteroatoms. The van der Waals surface area contributed by atoms with Crippen LogP contribution in [0.3, 0.4) is 0 Å². The van der Waals surface area contributed by atoms with Crippen LogP contribution >= 0.6 is 27.3 Å². The fraction of sp³-hybridized carbons (Fsp3) is 0.167. The standard InChI is InChI=1S/C12H9BrO3S/c13-9-3-4-17-12(9)6-14-8-1-2-10-11(5-8)16-7-15-10/h1-5H,6-7H2. The van der Waals surface area contributed by atoms with Crippen LogP contribution in [-0.4, -0.2) is 6.79 Å². The summed E-state index contributed by atoms with van der Waals surface area (Å²) in [6.07, 6.45) is 0. The van der Waals surface area contributed by atoms with Gasteiger partial charge in [0.1, 0.15) is 12.4 Å². The Morgan fingerprint density at radius 3 is 2.94 bits per heavy atom. The summed E-state index contributed by atoms with van der Waals surface area (Å²) in [4.78, 5) is 1.17. The van der Waals surface area contributed by atoms with Crippen LogP contribution in [0, 0.1) is 0 Å². The first-order valence-corrected chi connectivity index (χ1v) is 6.74.